The number of likely N-dealkylation sites (tertiary alicyclic amines) is 1. The number of Topliss-reactive ketones (excluding diaryl/α,β-unsaturated/α-hetero) is 1. The molecule has 0 radical (unpaired) electrons. The molecule has 1 N–H and O–H groups in total. The number of ketones is 1. The van der Waals surface area contributed by atoms with Crippen molar-refractivity contribution in [3.63, 3.8) is 0 Å². The molecule has 2 aliphatic rings. The summed E-state index contributed by atoms with van der Waals surface area (Å²) in [5.74, 6) is 0.146. The highest BCUT2D eigenvalue weighted by Crippen LogP contribution is 2.43. The summed E-state index contributed by atoms with van der Waals surface area (Å²) in [6.07, 6.45) is 3.21. The highest BCUT2D eigenvalue weighted by atomic mass is 16.5. The molecule has 1 atom stereocenters. The number of fused-ring (bicyclic) bond motifs is 1. The molecule has 0 saturated carbocycles. The van der Waals surface area contributed by atoms with E-state index in [1.54, 1.807) is 42.5 Å². The highest BCUT2D eigenvalue weighted by molar-refractivity contribution is 6.46. The average molecular weight is 445 g/mol. The van der Waals surface area contributed by atoms with Crippen molar-refractivity contribution in [2.24, 2.45) is 0 Å². The third kappa shape index (κ3) is 3.65. The molecule has 1 amide bonds. The maximum absolute atomic E-state index is 13.2. The van der Waals surface area contributed by atoms with Crippen LogP contribution in [-0.4, -0.2) is 35.4 Å². The SMILES string of the molecule is COc1ccccc1C1/C(=C(\O)c2ccc3c(c2)CCCO3)C(=O)C(=O)N1Cc1ccco1. The predicted molar refractivity (Wildman–Crippen MR) is 120 cm³/mol. The summed E-state index contributed by atoms with van der Waals surface area (Å²) in [4.78, 5) is 27.8. The topological polar surface area (TPSA) is 89.2 Å². The quantitative estimate of drug-likeness (QED) is 0.359. The number of furan rings is 1. The van der Waals surface area contributed by atoms with E-state index in [-0.39, 0.29) is 17.9 Å². The van der Waals surface area contributed by atoms with Crippen LogP contribution >= 0.6 is 0 Å². The number of benzene rings is 2. The summed E-state index contributed by atoms with van der Waals surface area (Å²) in [5.41, 5.74) is 2.06. The lowest BCUT2D eigenvalue weighted by Gasteiger charge is -2.26. The lowest BCUT2D eigenvalue weighted by Crippen LogP contribution is -2.29. The average Bonchev–Trinajstić information content (AvgIpc) is 3.45. The fourth-order valence-electron chi connectivity index (χ4n) is 4.49. The summed E-state index contributed by atoms with van der Waals surface area (Å²) < 4.78 is 16.6. The second kappa shape index (κ2) is 8.50. The zero-order chi connectivity index (χ0) is 22.9. The van der Waals surface area contributed by atoms with Crippen molar-refractivity contribution in [1.29, 1.82) is 0 Å². The van der Waals surface area contributed by atoms with E-state index in [2.05, 4.69) is 0 Å². The molecule has 7 heteroatoms. The number of carbonyl (C=O) groups excluding carboxylic acids is 2. The molecule has 33 heavy (non-hydrogen) atoms. The molecule has 0 aliphatic carbocycles. The molecule has 1 saturated heterocycles. The van der Waals surface area contributed by atoms with Gasteiger partial charge in [-0.3, -0.25) is 9.59 Å². The van der Waals surface area contributed by atoms with Gasteiger partial charge in [0.05, 0.1) is 38.1 Å². The summed E-state index contributed by atoms with van der Waals surface area (Å²) in [6, 6.07) is 15.1. The Hall–Kier alpha value is -4.00. The highest BCUT2D eigenvalue weighted by Gasteiger charge is 2.47. The first-order valence-corrected chi connectivity index (χ1v) is 10.8. The number of carbonyl (C=O) groups is 2. The first kappa shape index (κ1) is 20.9. The van der Waals surface area contributed by atoms with Gasteiger partial charge in [0, 0.05) is 11.1 Å². The third-order valence-electron chi connectivity index (χ3n) is 6.06. The number of hydrogen-bond acceptors (Lipinski definition) is 6. The molecule has 3 aromatic rings. The second-order valence-electron chi connectivity index (χ2n) is 8.02. The van der Waals surface area contributed by atoms with Gasteiger partial charge in [0.25, 0.3) is 11.7 Å². The lowest BCUT2D eigenvalue weighted by molar-refractivity contribution is -0.140. The fraction of sp³-hybridized carbons (Fsp3) is 0.231. The van der Waals surface area contributed by atoms with Gasteiger partial charge in [-0.15, -0.1) is 0 Å². The van der Waals surface area contributed by atoms with Gasteiger partial charge in [0.15, 0.2) is 0 Å². The van der Waals surface area contributed by atoms with Crippen molar-refractivity contribution in [3.05, 3.63) is 88.9 Å². The smallest absolute Gasteiger partial charge is 0.296 e. The predicted octanol–water partition coefficient (Wildman–Crippen LogP) is 4.24. The first-order chi connectivity index (χ1) is 16.1. The Morgan fingerprint density at radius 1 is 1.15 bits per heavy atom. The van der Waals surface area contributed by atoms with E-state index < -0.39 is 17.7 Å². The van der Waals surface area contributed by atoms with Crippen molar-refractivity contribution in [2.75, 3.05) is 13.7 Å². The minimum Gasteiger partial charge on any atom is -0.507 e. The van der Waals surface area contributed by atoms with Gasteiger partial charge < -0.3 is 23.9 Å². The molecule has 0 spiro atoms. The number of methoxy groups -OCH3 is 1. The van der Waals surface area contributed by atoms with E-state index in [0.717, 1.165) is 24.2 Å². The number of aliphatic hydroxyl groups is 1. The lowest BCUT2D eigenvalue weighted by atomic mass is 9.93. The largest absolute Gasteiger partial charge is 0.507 e. The number of aryl methyl sites for hydroxylation is 1. The van der Waals surface area contributed by atoms with Crippen molar-refractivity contribution in [2.45, 2.75) is 25.4 Å². The number of para-hydroxylation sites is 1. The number of hydrogen-bond donors (Lipinski definition) is 1. The van der Waals surface area contributed by atoms with Crippen molar-refractivity contribution in [3.8, 4) is 11.5 Å². The Morgan fingerprint density at radius 2 is 2.00 bits per heavy atom. The molecular formula is C26H23NO6. The standard InChI is InChI=1S/C26H23NO6/c1-31-21-9-3-2-8-19(21)23-22(25(29)26(30)27(23)15-18-7-5-12-32-18)24(28)17-10-11-20-16(14-17)6-4-13-33-20/h2-3,5,7-12,14,23,28H,4,6,13,15H2,1H3/b24-22+. The van der Waals surface area contributed by atoms with Gasteiger partial charge in [0.1, 0.15) is 23.0 Å². The fourth-order valence-corrected chi connectivity index (χ4v) is 4.49. The molecule has 3 heterocycles. The zero-order valence-corrected chi connectivity index (χ0v) is 18.1. The summed E-state index contributed by atoms with van der Waals surface area (Å²) >= 11 is 0. The summed E-state index contributed by atoms with van der Waals surface area (Å²) in [5, 5.41) is 11.3. The van der Waals surface area contributed by atoms with Crippen LogP contribution in [0, 0.1) is 0 Å². The number of ether oxygens (including phenoxy) is 2. The van der Waals surface area contributed by atoms with Gasteiger partial charge in [-0.2, -0.15) is 0 Å². The molecule has 5 rings (SSSR count). The Kier molecular flexibility index (Phi) is 5.38. The van der Waals surface area contributed by atoms with Gasteiger partial charge >= 0.3 is 0 Å². The molecule has 168 valence electrons. The van der Waals surface area contributed by atoms with Gasteiger partial charge in [-0.1, -0.05) is 18.2 Å². The van der Waals surface area contributed by atoms with Crippen LogP contribution in [-0.2, 0) is 22.6 Å². The van der Waals surface area contributed by atoms with Crippen molar-refractivity contribution < 1.29 is 28.6 Å². The molecule has 1 unspecified atom stereocenters. The van der Waals surface area contributed by atoms with Crippen LogP contribution in [0.5, 0.6) is 11.5 Å². The van der Waals surface area contributed by atoms with Crippen molar-refractivity contribution >= 4 is 17.4 Å². The molecular weight excluding hydrogens is 422 g/mol. The van der Waals surface area contributed by atoms with Crippen molar-refractivity contribution in [1.82, 2.24) is 4.90 Å². The minimum absolute atomic E-state index is 0.0210. The van der Waals surface area contributed by atoms with Crippen LogP contribution in [0.4, 0.5) is 0 Å². The molecule has 1 fully saturated rings. The maximum atomic E-state index is 13.2. The summed E-state index contributed by atoms with van der Waals surface area (Å²) in [7, 11) is 1.53. The second-order valence-corrected chi connectivity index (χ2v) is 8.02. The summed E-state index contributed by atoms with van der Waals surface area (Å²) in [6.45, 7) is 0.735. The van der Waals surface area contributed by atoms with Crippen LogP contribution in [0.3, 0.4) is 0 Å². The number of nitrogens with zero attached hydrogens (tertiary/aromatic N) is 1. The Morgan fingerprint density at radius 3 is 2.79 bits per heavy atom. The molecule has 2 aliphatic heterocycles. The van der Waals surface area contributed by atoms with Gasteiger partial charge in [-0.25, -0.2) is 0 Å². The Balaban J connectivity index is 1.66. The van der Waals surface area contributed by atoms with E-state index in [4.69, 9.17) is 13.9 Å². The van der Waals surface area contributed by atoms with Crippen LogP contribution in [0.2, 0.25) is 0 Å². The van der Waals surface area contributed by atoms with E-state index in [1.165, 1.54) is 18.3 Å². The number of aliphatic hydroxyl groups excluding tert-OH is 1. The molecule has 2 aromatic carbocycles. The van der Waals surface area contributed by atoms with Crippen LogP contribution in [0.1, 0.15) is 34.9 Å². The monoisotopic (exact) mass is 445 g/mol. The Labute approximate surface area is 190 Å². The molecule has 0 bridgehead atoms. The van der Waals surface area contributed by atoms with E-state index in [0.29, 0.717) is 29.2 Å². The van der Waals surface area contributed by atoms with Crippen LogP contribution in [0.15, 0.2) is 70.9 Å². The first-order valence-electron chi connectivity index (χ1n) is 10.8. The van der Waals surface area contributed by atoms with E-state index in [9.17, 15) is 14.7 Å². The number of rotatable bonds is 5. The van der Waals surface area contributed by atoms with Crippen LogP contribution in [0.25, 0.3) is 5.76 Å². The zero-order valence-electron chi connectivity index (χ0n) is 18.1. The van der Waals surface area contributed by atoms with E-state index >= 15 is 0 Å². The van der Waals surface area contributed by atoms with Crippen LogP contribution < -0.4 is 9.47 Å². The third-order valence-corrected chi connectivity index (χ3v) is 6.06. The molecule has 1 aromatic heterocycles. The van der Waals surface area contributed by atoms with Gasteiger partial charge in [0.2, 0.25) is 0 Å². The normalized spacial score (nSPS) is 19.3. The van der Waals surface area contributed by atoms with Gasteiger partial charge in [-0.05, 0) is 54.8 Å². The Bertz CT molecular complexity index is 1240. The minimum atomic E-state index is -0.835. The number of amides is 1. The molecule has 7 nitrogen and oxygen atoms in total. The maximum Gasteiger partial charge on any atom is 0.296 e. The van der Waals surface area contributed by atoms with E-state index in [1.807, 2.05) is 12.1 Å².